The van der Waals surface area contributed by atoms with E-state index in [9.17, 15) is 31.5 Å². The minimum Gasteiger partial charge on any atom is -0.460 e. The zero-order valence-corrected chi connectivity index (χ0v) is 24.0. The number of nitrogens with one attached hydrogen (secondary N) is 1. The normalized spacial score (nSPS) is 19.0. The number of amides is 1. The average Bonchev–Trinajstić information content (AvgIpc) is 3.55. The number of aromatic nitrogens is 4. The molecule has 232 valence electrons. The Morgan fingerprint density at radius 2 is 1.88 bits per heavy atom. The van der Waals surface area contributed by atoms with E-state index in [1.807, 2.05) is 0 Å². The van der Waals surface area contributed by atoms with Crippen LogP contribution < -0.4 is 5.32 Å². The standard InChI is InChI=1S/C28H37F5N6O3/c1-26(2,3)42-21(40)16-18(11-15-38-14-7-12-27(29,30)17-38)35-25(41)23-36-24(39(37-23)19-8-4-5-9-19)22-20(28(31,32)33)10-6-13-34-22/h6,10,13,18-19H,4-5,7-9,11-12,14-17H2,1-3H3,(H,35,41)/t18-/m0/s1. The van der Waals surface area contributed by atoms with E-state index in [1.165, 1.54) is 16.9 Å². The Morgan fingerprint density at radius 1 is 1.17 bits per heavy atom. The summed E-state index contributed by atoms with van der Waals surface area (Å²) in [7, 11) is 0. The number of halogens is 5. The van der Waals surface area contributed by atoms with Gasteiger partial charge in [-0.1, -0.05) is 12.8 Å². The van der Waals surface area contributed by atoms with Crippen LogP contribution in [0.5, 0.6) is 0 Å². The smallest absolute Gasteiger partial charge is 0.418 e. The number of piperidine rings is 1. The van der Waals surface area contributed by atoms with Gasteiger partial charge in [0, 0.05) is 25.2 Å². The van der Waals surface area contributed by atoms with Crippen molar-refractivity contribution < 1.29 is 36.3 Å². The molecule has 0 spiro atoms. The Morgan fingerprint density at radius 3 is 2.52 bits per heavy atom. The molecular weight excluding hydrogens is 563 g/mol. The number of nitrogens with zero attached hydrogens (tertiary/aromatic N) is 5. The Balaban J connectivity index is 1.59. The largest absolute Gasteiger partial charge is 0.460 e. The molecule has 1 aliphatic heterocycles. The first-order valence-corrected chi connectivity index (χ1v) is 14.2. The molecule has 1 N–H and O–H groups in total. The fraction of sp³-hybridized carbons (Fsp3) is 0.679. The van der Waals surface area contributed by atoms with Crippen molar-refractivity contribution in [2.24, 2.45) is 0 Å². The molecule has 2 aliphatic rings. The van der Waals surface area contributed by atoms with Gasteiger partial charge >= 0.3 is 12.1 Å². The maximum Gasteiger partial charge on any atom is 0.418 e. The number of hydrogen-bond donors (Lipinski definition) is 1. The van der Waals surface area contributed by atoms with Crippen molar-refractivity contribution >= 4 is 11.9 Å². The monoisotopic (exact) mass is 600 g/mol. The lowest BCUT2D eigenvalue weighted by Crippen LogP contribution is -2.45. The second-order valence-electron chi connectivity index (χ2n) is 12.0. The summed E-state index contributed by atoms with van der Waals surface area (Å²) in [5.41, 5.74) is -2.21. The van der Waals surface area contributed by atoms with Gasteiger partial charge < -0.3 is 10.1 Å². The third kappa shape index (κ3) is 8.45. The molecule has 1 saturated carbocycles. The lowest BCUT2D eigenvalue weighted by molar-refractivity contribution is -0.155. The second-order valence-corrected chi connectivity index (χ2v) is 12.0. The van der Waals surface area contributed by atoms with Crippen molar-refractivity contribution in [1.82, 2.24) is 30.0 Å². The first-order chi connectivity index (χ1) is 19.6. The Kier molecular flexibility index (Phi) is 9.53. The second kappa shape index (κ2) is 12.6. The highest BCUT2D eigenvalue weighted by Crippen LogP contribution is 2.38. The maximum atomic E-state index is 13.9. The van der Waals surface area contributed by atoms with Crippen molar-refractivity contribution in [2.45, 2.75) is 102 Å². The van der Waals surface area contributed by atoms with Crippen molar-refractivity contribution in [3.8, 4) is 11.5 Å². The van der Waals surface area contributed by atoms with Crippen molar-refractivity contribution in [2.75, 3.05) is 19.6 Å². The third-order valence-electron chi connectivity index (χ3n) is 7.26. The van der Waals surface area contributed by atoms with Crippen LogP contribution in [0.3, 0.4) is 0 Å². The highest BCUT2D eigenvalue weighted by Gasteiger charge is 2.38. The Labute approximate surface area is 241 Å². The van der Waals surface area contributed by atoms with E-state index in [2.05, 4.69) is 20.4 Å². The number of alkyl halides is 5. The van der Waals surface area contributed by atoms with Crippen LogP contribution in [0.4, 0.5) is 22.0 Å². The van der Waals surface area contributed by atoms with Crippen molar-refractivity contribution in [3.05, 3.63) is 29.7 Å². The van der Waals surface area contributed by atoms with Gasteiger partial charge in [0.15, 0.2) is 5.82 Å². The molecule has 9 nitrogen and oxygen atoms in total. The lowest BCUT2D eigenvalue weighted by Gasteiger charge is -2.33. The number of carbonyl (C=O) groups is 2. The molecule has 42 heavy (non-hydrogen) atoms. The third-order valence-corrected chi connectivity index (χ3v) is 7.26. The summed E-state index contributed by atoms with van der Waals surface area (Å²) in [5, 5.41) is 7.02. The van der Waals surface area contributed by atoms with Gasteiger partial charge in [-0.15, -0.1) is 5.10 Å². The average molecular weight is 601 g/mol. The molecular formula is C28H37F5N6O3. The van der Waals surface area contributed by atoms with Crippen LogP contribution in [-0.4, -0.2) is 73.7 Å². The van der Waals surface area contributed by atoms with Crippen LogP contribution in [0.25, 0.3) is 11.5 Å². The predicted molar refractivity (Wildman–Crippen MR) is 143 cm³/mol. The van der Waals surface area contributed by atoms with Gasteiger partial charge in [-0.25, -0.2) is 18.4 Å². The molecule has 0 unspecified atom stereocenters. The number of esters is 1. The zero-order valence-electron chi connectivity index (χ0n) is 24.0. The number of rotatable bonds is 9. The molecule has 0 aromatic carbocycles. The molecule has 2 aromatic rings. The SMILES string of the molecule is CC(C)(C)OC(=O)C[C@H](CCN1CCCC(F)(F)C1)NC(=O)c1nc(-c2ncccc2C(F)(F)F)n(C2CCCC2)n1. The topological polar surface area (TPSA) is 102 Å². The molecule has 1 atom stereocenters. The van der Waals surface area contributed by atoms with E-state index in [0.717, 1.165) is 18.9 Å². The quantitative estimate of drug-likeness (QED) is 0.303. The molecule has 2 aromatic heterocycles. The number of pyridine rings is 1. The molecule has 0 radical (unpaired) electrons. The van der Waals surface area contributed by atoms with Gasteiger partial charge in [0.2, 0.25) is 5.82 Å². The number of likely N-dealkylation sites (tertiary alicyclic amines) is 1. The molecule has 0 bridgehead atoms. The Bertz CT molecular complexity index is 1250. The van der Waals surface area contributed by atoms with E-state index in [1.54, 1.807) is 25.7 Å². The van der Waals surface area contributed by atoms with Gasteiger partial charge in [0.05, 0.1) is 24.6 Å². The summed E-state index contributed by atoms with van der Waals surface area (Å²) in [5.74, 6) is -4.73. The van der Waals surface area contributed by atoms with Crippen LogP contribution in [0, 0.1) is 0 Å². The van der Waals surface area contributed by atoms with Crippen molar-refractivity contribution in [3.63, 3.8) is 0 Å². The molecule has 1 amide bonds. The highest BCUT2D eigenvalue weighted by molar-refractivity contribution is 5.91. The summed E-state index contributed by atoms with van der Waals surface area (Å²) in [4.78, 5) is 35.8. The maximum absolute atomic E-state index is 13.9. The van der Waals surface area contributed by atoms with E-state index < -0.39 is 53.4 Å². The molecule has 3 heterocycles. The fourth-order valence-electron chi connectivity index (χ4n) is 5.43. The molecule has 4 rings (SSSR count). The molecule has 1 saturated heterocycles. The summed E-state index contributed by atoms with van der Waals surface area (Å²) in [6.07, 6.45) is -0.388. The van der Waals surface area contributed by atoms with Crippen LogP contribution in [0.1, 0.15) is 94.4 Å². The highest BCUT2D eigenvalue weighted by atomic mass is 19.4. The number of ether oxygens (including phenoxy) is 1. The molecule has 2 fully saturated rings. The van der Waals surface area contributed by atoms with Crippen LogP contribution in [0.15, 0.2) is 18.3 Å². The van der Waals surface area contributed by atoms with E-state index in [-0.39, 0.29) is 43.5 Å². The summed E-state index contributed by atoms with van der Waals surface area (Å²) < 4.78 is 76.1. The van der Waals surface area contributed by atoms with Crippen LogP contribution >= 0.6 is 0 Å². The zero-order chi connectivity index (χ0) is 30.7. The van der Waals surface area contributed by atoms with Gasteiger partial charge in [-0.2, -0.15) is 13.2 Å². The molecule has 1 aliphatic carbocycles. The fourth-order valence-corrected chi connectivity index (χ4v) is 5.43. The van der Waals surface area contributed by atoms with Gasteiger partial charge in [0.25, 0.3) is 11.8 Å². The van der Waals surface area contributed by atoms with Crippen molar-refractivity contribution in [1.29, 1.82) is 0 Å². The first-order valence-electron chi connectivity index (χ1n) is 14.2. The minimum atomic E-state index is -4.71. The van der Waals surface area contributed by atoms with E-state index in [4.69, 9.17) is 4.74 Å². The van der Waals surface area contributed by atoms with E-state index >= 15 is 0 Å². The van der Waals surface area contributed by atoms with Gasteiger partial charge in [-0.05, 0) is 65.1 Å². The number of carbonyl (C=O) groups excluding carboxylic acids is 2. The summed E-state index contributed by atoms with van der Waals surface area (Å²) >= 11 is 0. The molecule has 14 heteroatoms. The number of hydrogen-bond acceptors (Lipinski definition) is 7. The lowest BCUT2D eigenvalue weighted by atomic mass is 10.0. The summed E-state index contributed by atoms with van der Waals surface area (Å²) in [6, 6.07) is 1.01. The minimum absolute atomic E-state index is 0.162. The first kappa shape index (κ1) is 31.8. The Hall–Kier alpha value is -3.16. The summed E-state index contributed by atoms with van der Waals surface area (Å²) in [6.45, 7) is 5.33. The van der Waals surface area contributed by atoms with Gasteiger partial charge in [0.1, 0.15) is 11.3 Å². The van der Waals surface area contributed by atoms with E-state index in [0.29, 0.717) is 25.8 Å². The van der Waals surface area contributed by atoms with Crippen LogP contribution in [-0.2, 0) is 15.7 Å². The van der Waals surface area contributed by atoms with Gasteiger partial charge in [-0.3, -0.25) is 19.5 Å². The predicted octanol–water partition coefficient (Wildman–Crippen LogP) is 5.43. The van der Waals surface area contributed by atoms with Crippen LogP contribution in [0.2, 0.25) is 0 Å².